The molecule has 0 bridgehead atoms. The Morgan fingerprint density at radius 3 is 2.77 bits per heavy atom. The summed E-state index contributed by atoms with van der Waals surface area (Å²) < 4.78 is 11.8. The van der Waals surface area contributed by atoms with Crippen LogP contribution in [-0.4, -0.2) is 43.6 Å². The molecule has 0 radical (unpaired) electrons. The molecule has 2 aromatic carbocycles. The molecular weight excluding hydrogens is 328 g/mol. The molecule has 0 unspecified atom stereocenters. The molecule has 0 saturated heterocycles. The third-order valence-corrected chi connectivity index (χ3v) is 4.77. The smallest absolute Gasteiger partial charge is 0.289 e. The number of hydrogen-bond donors (Lipinski definition) is 0. The summed E-state index contributed by atoms with van der Waals surface area (Å²) in [4.78, 5) is 16.7. The first-order valence-corrected chi connectivity index (χ1v) is 8.90. The average molecular weight is 350 g/mol. The Balaban J connectivity index is 1.49. The van der Waals surface area contributed by atoms with Gasteiger partial charge in [0.05, 0.1) is 18.8 Å². The summed E-state index contributed by atoms with van der Waals surface area (Å²) in [5.41, 5.74) is 1.83. The fourth-order valence-electron chi connectivity index (χ4n) is 3.44. The van der Waals surface area contributed by atoms with Gasteiger partial charge in [0.25, 0.3) is 5.91 Å². The van der Waals surface area contributed by atoms with E-state index in [1.54, 1.807) is 18.0 Å². The van der Waals surface area contributed by atoms with Crippen LogP contribution in [0.4, 0.5) is 5.69 Å². The fraction of sp³-hybridized carbons (Fsp3) is 0.286. The number of furan rings is 1. The molecule has 1 aliphatic rings. The molecule has 0 aliphatic carbocycles. The molecule has 5 nitrogen and oxygen atoms in total. The van der Waals surface area contributed by atoms with Gasteiger partial charge in [-0.1, -0.05) is 30.3 Å². The molecule has 1 aromatic heterocycles. The number of fused-ring (bicyclic) bond motifs is 2. The zero-order valence-corrected chi connectivity index (χ0v) is 15.0. The Kier molecular flexibility index (Phi) is 4.29. The second-order valence-electron chi connectivity index (χ2n) is 6.58. The molecule has 1 aliphatic heterocycles. The number of carbonyl (C=O) groups is 1. The van der Waals surface area contributed by atoms with Crippen LogP contribution in [0.25, 0.3) is 11.0 Å². The predicted octanol–water partition coefficient (Wildman–Crippen LogP) is 3.79. The van der Waals surface area contributed by atoms with Crippen molar-refractivity contribution in [1.82, 2.24) is 4.90 Å². The van der Waals surface area contributed by atoms with Gasteiger partial charge in [0.2, 0.25) is 0 Å². The van der Waals surface area contributed by atoms with Crippen molar-refractivity contribution >= 4 is 22.6 Å². The lowest BCUT2D eigenvalue weighted by Crippen LogP contribution is -2.46. The van der Waals surface area contributed by atoms with Gasteiger partial charge in [-0.15, -0.1) is 0 Å². The Bertz CT molecular complexity index is 901. The topological polar surface area (TPSA) is 45.9 Å². The van der Waals surface area contributed by atoms with Gasteiger partial charge in [-0.3, -0.25) is 4.79 Å². The van der Waals surface area contributed by atoms with E-state index in [-0.39, 0.29) is 12.0 Å². The van der Waals surface area contributed by atoms with Crippen LogP contribution >= 0.6 is 0 Å². The monoisotopic (exact) mass is 350 g/mol. The van der Waals surface area contributed by atoms with E-state index in [4.69, 9.17) is 9.15 Å². The van der Waals surface area contributed by atoms with Crippen molar-refractivity contribution in [2.75, 3.05) is 31.6 Å². The summed E-state index contributed by atoms with van der Waals surface area (Å²) in [7, 11) is 1.79. The van der Waals surface area contributed by atoms with Gasteiger partial charge in [0.1, 0.15) is 17.4 Å². The first kappa shape index (κ1) is 16.5. The van der Waals surface area contributed by atoms with Crippen molar-refractivity contribution in [2.24, 2.45) is 0 Å². The fourth-order valence-corrected chi connectivity index (χ4v) is 3.44. The molecule has 0 fully saturated rings. The third kappa shape index (κ3) is 3.01. The molecule has 5 heteroatoms. The van der Waals surface area contributed by atoms with Crippen molar-refractivity contribution in [3.05, 3.63) is 60.4 Å². The number of likely N-dealkylation sites (N-methyl/N-ethyl adjacent to an activating group) is 2. The Hall–Kier alpha value is -2.95. The second-order valence-corrected chi connectivity index (χ2v) is 6.58. The molecule has 26 heavy (non-hydrogen) atoms. The van der Waals surface area contributed by atoms with E-state index < -0.39 is 0 Å². The summed E-state index contributed by atoms with van der Waals surface area (Å²) in [6, 6.07) is 17.5. The molecule has 0 spiro atoms. The maximum Gasteiger partial charge on any atom is 0.289 e. The summed E-state index contributed by atoms with van der Waals surface area (Å²) in [6.07, 6.45) is -0.0804. The number of amides is 1. The van der Waals surface area contributed by atoms with E-state index in [0.29, 0.717) is 12.3 Å². The van der Waals surface area contributed by atoms with Gasteiger partial charge >= 0.3 is 0 Å². The molecular formula is C21H22N2O3. The summed E-state index contributed by atoms with van der Waals surface area (Å²) in [5.74, 6) is 1.10. The molecule has 1 atom stereocenters. The highest BCUT2D eigenvalue weighted by atomic mass is 16.5. The molecule has 2 heterocycles. The zero-order valence-electron chi connectivity index (χ0n) is 15.0. The van der Waals surface area contributed by atoms with E-state index in [1.807, 2.05) is 42.5 Å². The van der Waals surface area contributed by atoms with Gasteiger partial charge in [0, 0.05) is 19.0 Å². The van der Waals surface area contributed by atoms with Gasteiger partial charge < -0.3 is 19.0 Å². The van der Waals surface area contributed by atoms with Crippen molar-refractivity contribution in [3.8, 4) is 5.75 Å². The molecule has 4 rings (SSSR count). The van der Waals surface area contributed by atoms with Crippen LogP contribution in [0.5, 0.6) is 5.75 Å². The first-order valence-electron chi connectivity index (χ1n) is 8.90. The predicted molar refractivity (Wildman–Crippen MR) is 102 cm³/mol. The van der Waals surface area contributed by atoms with Crippen molar-refractivity contribution in [2.45, 2.75) is 13.0 Å². The van der Waals surface area contributed by atoms with E-state index in [0.717, 1.165) is 35.5 Å². The Morgan fingerprint density at radius 2 is 1.96 bits per heavy atom. The van der Waals surface area contributed by atoms with Crippen LogP contribution < -0.4 is 9.64 Å². The molecule has 134 valence electrons. The van der Waals surface area contributed by atoms with E-state index in [2.05, 4.69) is 17.9 Å². The van der Waals surface area contributed by atoms with Crippen LogP contribution in [0, 0.1) is 0 Å². The molecule has 0 saturated carbocycles. The minimum Gasteiger partial charge on any atom is -0.485 e. The molecule has 3 aromatic rings. The number of ether oxygens (including phenoxy) is 1. The minimum atomic E-state index is -0.133. The number of carbonyl (C=O) groups excluding carboxylic acids is 1. The second kappa shape index (κ2) is 6.75. The number of anilines is 1. The van der Waals surface area contributed by atoms with Gasteiger partial charge in [0.15, 0.2) is 5.76 Å². The SMILES string of the molecule is CCN1C[C@@H](CN(C)C(=O)c2cc3ccccc3o2)Oc2ccccc21. The summed E-state index contributed by atoms with van der Waals surface area (Å²) in [5, 5.41) is 0.934. The van der Waals surface area contributed by atoms with Gasteiger partial charge in [-0.05, 0) is 31.2 Å². The number of nitrogens with zero attached hydrogens (tertiary/aromatic N) is 2. The quantitative estimate of drug-likeness (QED) is 0.718. The number of para-hydroxylation sites is 3. The van der Waals surface area contributed by atoms with Crippen LogP contribution in [-0.2, 0) is 0 Å². The molecule has 0 N–H and O–H groups in total. The highest BCUT2D eigenvalue weighted by molar-refractivity contribution is 5.96. The van der Waals surface area contributed by atoms with Crippen LogP contribution in [0.2, 0.25) is 0 Å². The van der Waals surface area contributed by atoms with Crippen LogP contribution in [0.3, 0.4) is 0 Å². The lowest BCUT2D eigenvalue weighted by atomic mass is 10.1. The summed E-state index contributed by atoms with van der Waals surface area (Å²) >= 11 is 0. The first-order chi connectivity index (χ1) is 12.7. The van der Waals surface area contributed by atoms with E-state index in [1.165, 1.54) is 0 Å². The van der Waals surface area contributed by atoms with Crippen molar-refractivity contribution in [1.29, 1.82) is 0 Å². The Morgan fingerprint density at radius 1 is 1.19 bits per heavy atom. The number of hydrogen-bond acceptors (Lipinski definition) is 4. The Labute approximate surface area is 152 Å². The number of rotatable bonds is 4. The normalized spacial score (nSPS) is 16.2. The standard InChI is InChI=1S/C21H22N2O3/c1-3-23-14-16(25-19-11-7-5-9-17(19)23)13-22(2)21(24)20-12-15-8-4-6-10-18(15)26-20/h4-12,16H,3,13-14H2,1-2H3/t16-/m1/s1. The largest absolute Gasteiger partial charge is 0.485 e. The minimum absolute atomic E-state index is 0.0804. The molecule has 1 amide bonds. The lowest BCUT2D eigenvalue weighted by molar-refractivity contribution is 0.0682. The number of benzene rings is 2. The van der Waals surface area contributed by atoms with Crippen molar-refractivity contribution in [3.63, 3.8) is 0 Å². The zero-order chi connectivity index (χ0) is 18.1. The summed E-state index contributed by atoms with van der Waals surface area (Å²) in [6.45, 7) is 4.28. The maximum atomic E-state index is 12.7. The average Bonchev–Trinajstić information content (AvgIpc) is 3.10. The van der Waals surface area contributed by atoms with Crippen LogP contribution in [0.15, 0.2) is 59.0 Å². The highest BCUT2D eigenvalue weighted by Crippen LogP contribution is 2.33. The van der Waals surface area contributed by atoms with Crippen LogP contribution in [0.1, 0.15) is 17.5 Å². The third-order valence-electron chi connectivity index (χ3n) is 4.77. The van der Waals surface area contributed by atoms with E-state index >= 15 is 0 Å². The van der Waals surface area contributed by atoms with Gasteiger partial charge in [-0.25, -0.2) is 0 Å². The lowest BCUT2D eigenvalue weighted by Gasteiger charge is -2.37. The van der Waals surface area contributed by atoms with E-state index in [9.17, 15) is 4.79 Å². The van der Waals surface area contributed by atoms with Crippen molar-refractivity contribution < 1.29 is 13.9 Å². The maximum absolute atomic E-state index is 12.7. The highest BCUT2D eigenvalue weighted by Gasteiger charge is 2.27. The van der Waals surface area contributed by atoms with Gasteiger partial charge in [-0.2, -0.15) is 0 Å².